The van der Waals surface area contributed by atoms with Crippen LogP contribution in [0.2, 0.25) is 0 Å². The summed E-state index contributed by atoms with van der Waals surface area (Å²) >= 11 is 0. The molecule has 0 radical (unpaired) electrons. The Morgan fingerprint density at radius 1 is 1.92 bits per heavy atom. The maximum Gasteiger partial charge on any atom is 0.273 e. The number of aromatic nitrogens is 3. The van der Waals surface area contributed by atoms with Gasteiger partial charge in [0.05, 0.1) is 12.8 Å². The van der Waals surface area contributed by atoms with Crippen molar-refractivity contribution in [3.63, 3.8) is 0 Å². The second-order valence-corrected chi connectivity index (χ2v) is 2.41. The molecule has 12 heavy (non-hydrogen) atoms. The van der Waals surface area contributed by atoms with E-state index in [0.29, 0.717) is 0 Å². The molecular formula is C6H10N4O2. The van der Waals surface area contributed by atoms with E-state index in [-0.39, 0.29) is 24.2 Å². The molecule has 0 aliphatic rings. The molecule has 0 aliphatic heterocycles. The monoisotopic (exact) mass is 170 g/mol. The van der Waals surface area contributed by atoms with Crippen LogP contribution in [0.25, 0.3) is 0 Å². The summed E-state index contributed by atoms with van der Waals surface area (Å²) in [6.45, 7) is 1.60. The summed E-state index contributed by atoms with van der Waals surface area (Å²) in [6.07, 6.45) is 1.32. The largest absolute Gasteiger partial charge is 0.394 e. The van der Waals surface area contributed by atoms with Crippen molar-refractivity contribution in [3.05, 3.63) is 11.9 Å². The lowest BCUT2D eigenvalue weighted by atomic mass is 10.3. The Balaban J connectivity index is 2.50. The molecule has 6 nitrogen and oxygen atoms in total. The summed E-state index contributed by atoms with van der Waals surface area (Å²) in [6, 6.07) is -0.269. The van der Waals surface area contributed by atoms with E-state index in [0.717, 1.165) is 0 Å². The zero-order chi connectivity index (χ0) is 8.97. The fourth-order valence-corrected chi connectivity index (χ4v) is 0.654. The van der Waals surface area contributed by atoms with Gasteiger partial charge in [-0.05, 0) is 6.92 Å². The van der Waals surface area contributed by atoms with E-state index in [1.165, 1.54) is 6.20 Å². The SMILES string of the molecule is CC(CO)NC(=O)c1cn[nH]n1. The molecule has 6 heteroatoms. The van der Waals surface area contributed by atoms with E-state index in [1.807, 2.05) is 0 Å². The molecule has 1 rings (SSSR count). The topological polar surface area (TPSA) is 90.9 Å². The standard InChI is InChI=1S/C6H10N4O2/c1-4(3-11)8-6(12)5-2-7-10-9-5/h2,4,11H,3H2,1H3,(H,8,12)(H,7,9,10). The van der Waals surface area contributed by atoms with Crippen LogP contribution in [-0.2, 0) is 0 Å². The minimum atomic E-state index is -0.342. The molecule has 0 aromatic carbocycles. The number of hydrogen-bond acceptors (Lipinski definition) is 4. The zero-order valence-electron chi connectivity index (χ0n) is 6.61. The second kappa shape index (κ2) is 3.82. The molecule has 1 atom stereocenters. The van der Waals surface area contributed by atoms with Gasteiger partial charge in [-0.2, -0.15) is 15.4 Å². The van der Waals surface area contributed by atoms with E-state index in [4.69, 9.17) is 5.11 Å². The Bertz CT molecular complexity index is 246. The number of hydrogen-bond donors (Lipinski definition) is 3. The smallest absolute Gasteiger partial charge is 0.273 e. The van der Waals surface area contributed by atoms with Crippen LogP contribution in [0.15, 0.2) is 6.20 Å². The zero-order valence-corrected chi connectivity index (χ0v) is 6.61. The quantitative estimate of drug-likeness (QED) is 0.538. The molecule has 1 unspecified atom stereocenters. The summed E-state index contributed by atoms with van der Waals surface area (Å²) in [7, 11) is 0. The number of aliphatic hydroxyl groups excluding tert-OH is 1. The van der Waals surface area contributed by atoms with Crippen LogP contribution in [0.1, 0.15) is 17.4 Å². The molecule has 66 valence electrons. The highest BCUT2D eigenvalue weighted by atomic mass is 16.3. The predicted molar refractivity (Wildman–Crippen MR) is 40.4 cm³/mol. The highest BCUT2D eigenvalue weighted by Crippen LogP contribution is 1.89. The predicted octanol–water partition coefficient (Wildman–Crippen LogP) is -1.08. The van der Waals surface area contributed by atoms with Gasteiger partial charge in [0.15, 0.2) is 5.69 Å². The molecular weight excluding hydrogens is 160 g/mol. The van der Waals surface area contributed by atoms with Gasteiger partial charge in [0, 0.05) is 6.04 Å². The van der Waals surface area contributed by atoms with E-state index in [1.54, 1.807) is 6.92 Å². The van der Waals surface area contributed by atoms with Crippen LogP contribution >= 0.6 is 0 Å². The Morgan fingerprint density at radius 3 is 3.17 bits per heavy atom. The fourth-order valence-electron chi connectivity index (χ4n) is 0.654. The lowest BCUT2D eigenvalue weighted by molar-refractivity contribution is 0.0917. The molecule has 1 heterocycles. The van der Waals surface area contributed by atoms with Crippen LogP contribution in [0.4, 0.5) is 0 Å². The average Bonchev–Trinajstić information content (AvgIpc) is 2.56. The molecule has 1 aromatic heterocycles. The fraction of sp³-hybridized carbons (Fsp3) is 0.500. The normalized spacial score (nSPS) is 12.5. The van der Waals surface area contributed by atoms with Crippen LogP contribution < -0.4 is 5.32 Å². The summed E-state index contributed by atoms with van der Waals surface area (Å²) in [5.74, 6) is -0.342. The average molecular weight is 170 g/mol. The molecule has 1 amide bonds. The lowest BCUT2D eigenvalue weighted by Gasteiger charge is -2.07. The minimum Gasteiger partial charge on any atom is -0.394 e. The van der Waals surface area contributed by atoms with Crippen LogP contribution in [0, 0.1) is 0 Å². The number of rotatable bonds is 3. The third-order valence-electron chi connectivity index (χ3n) is 1.30. The van der Waals surface area contributed by atoms with Gasteiger partial charge >= 0.3 is 0 Å². The van der Waals surface area contributed by atoms with Gasteiger partial charge in [-0.25, -0.2) is 0 Å². The molecule has 0 spiro atoms. The van der Waals surface area contributed by atoms with Gasteiger partial charge in [0.2, 0.25) is 0 Å². The van der Waals surface area contributed by atoms with Crippen molar-refractivity contribution in [1.82, 2.24) is 20.7 Å². The third kappa shape index (κ3) is 2.03. The summed E-state index contributed by atoms with van der Waals surface area (Å²) in [4.78, 5) is 11.1. The first-order valence-corrected chi connectivity index (χ1v) is 3.51. The van der Waals surface area contributed by atoms with Crippen molar-refractivity contribution in [3.8, 4) is 0 Å². The van der Waals surface area contributed by atoms with Gasteiger partial charge < -0.3 is 10.4 Å². The maximum atomic E-state index is 11.1. The van der Waals surface area contributed by atoms with Crippen LogP contribution in [-0.4, -0.2) is 39.1 Å². The highest BCUT2D eigenvalue weighted by Gasteiger charge is 2.10. The number of amides is 1. The Morgan fingerprint density at radius 2 is 2.67 bits per heavy atom. The van der Waals surface area contributed by atoms with E-state index < -0.39 is 0 Å². The van der Waals surface area contributed by atoms with Crippen LogP contribution in [0.5, 0.6) is 0 Å². The van der Waals surface area contributed by atoms with Crippen molar-refractivity contribution in [2.45, 2.75) is 13.0 Å². The number of H-pyrrole nitrogens is 1. The lowest BCUT2D eigenvalue weighted by Crippen LogP contribution is -2.35. The Hall–Kier alpha value is -1.43. The third-order valence-corrected chi connectivity index (χ3v) is 1.30. The summed E-state index contributed by atoms with van der Waals surface area (Å²) in [5.41, 5.74) is 0.218. The summed E-state index contributed by atoms with van der Waals surface area (Å²) < 4.78 is 0. The van der Waals surface area contributed by atoms with Crippen molar-refractivity contribution in [1.29, 1.82) is 0 Å². The highest BCUT2D eigenvalue weighted by molar-refractivity contribution is 5.91. The van der Waals surface area contributed by atoms with Crippen molar-refractivity contribution in [2.75, 3.05) is 6.61 Å². The molecule has 0 aliphatic carbocycles. The van der Waals surface area contributed by atoms with Gasteiger partial charge in [0.25, 0.3) is 5.91 Å². The number of nitrogens with zero attached hydrogens (tertiary/aromatic N) is 2. The minimum absolute atomic E-state index is 0.0937. The van der Waals surface area contributed by atoms with Gasteiger partial charge in [-0.1, -0.05) is 0 Å². The van der Waals surface area contributed by atoms with E-state index in [2.05, 4.69) is 20.7 Å². The van der Waals surface area contributed by atoms with E-state index in [9.17, 15) is 4.79 Å². The first-order chi connectivity index (χ1) is 5.74. The summed E-state index contributed by atoms with van der Waals surface area (Å²) in [5, 5.41) is 20.5. The molecule has 0 bridgehead atoms. The maximum absolute atomic E-state index is 11.1. The van der Waals surface area contributed by atoms with Gasteiger partial charge in [-0.3, -0.25) is 4.79 Å². The van der Waals surface area contributed by atoms with Gasteiger partial charge in [0.1, 0.15) is 0 Å². The first-order valence-electron chi connectivity index (χ1n) is 3.51. The number of carbonyl (C=O) groups is 1. The second-order valence-electron chi connectivity index (χ2n) is 2.41. The first kappa shape index (κ1) is 8.66. The number of aromatic amines is 1. The van der Waals surface area contributed by atoms with E-state index >= 15 is 0 Å². The molecule has 3 N–H and O–H groups in total. The van der Waals surface area contributed by atoms with Gasteiger partial charge in [-0.15, -0.1) is 0 Å². The van der Waals surface area contributed by atoms with Crippen molar-refractivity contribution in [2.24, 2.45) is 0 Å². The number of aliphatic hydroxyl groups is 1. The Labute approximate surface area is 69.0 Å². The molecule has 0 saturated heterocycles. The number of nitrogens with one attached hydrogen (secondary N) is 2. The number of carbonyl (C=O) groups excluding carboxylic acids is 1. The molecule has 0 fully saturated rings. The molecule has 0 saturated carbocycles. The van der Waals surface area contributed by atoms with Crippen molar-refractivity contribution < 1.29 is 9.90 Å². The van der Waals surface area contributed by atoms with Crippen molar-refractivity contribution >= 4 is 5.91 Å². The molecule has 1 aromatic rings. The van der Waals surface area contributed by atoms with Crippen LogP contribution in [0.3, 0.4) is 0 Å². The Kier molecular flexibility index (Phi) is 2.76.